The smallest absolute Gasteiger partial charge is 1.00 e. The first-order chi connectivity index (χ1) is 11.3. The predicted octanol–water partition coefficient (Wildman–Crippen LogP) is 4.29. The van der Waals surface area contributed by atoms with Crippen molar-refractivity contribution in [3.8, 4) is 0 Å². The van der Waals surface area contributed by atoms with Gasteiger partial charge < -0.3 is 12.4 Å². The van der Waals surface area contributed by atoms with E-state index in [1.165, 1.54) is 0 Å². The first-order valence-electron chi connectivity index (χ1n) is 9.25. The molecule has 2 fully saturated rings. The van der Waals surface area contributed by atoms with Gasteiger partial charge in [0.1, 0.15) is 0 Å². The van der Waals surface area contributed by atoms with E-state index in [1.807, 2.05) is 0 Å². The molecule has 2 saturated carbocycles. The molecule has 0 heterocycles. The van der Waals surface area contributed by atoms with Gasteiger partial charge in [-0.3, -0.25) is 0 Å². The zero-order valence-electron chi connectivity index (χ0n) is 17.9. The third-order valence-electron chi connectivity index (χ3n) is 4.11. The van der Waals surface area contributed by atoms with Crippen LogP contribution in [-0.4, -0.2) is 22.6 Å². The summed E-state index contributed by atoms with van der Waals surface area (Å²) in [7, 11) is 0.127. The molecule has 0 spiro atoms. The van der Waals surface area contributed by atoms with Crippen LogP contribution in [0.15, 0.2) is 0 Å². The molecule has 5 heteroatoms. The minimum absolute atomic E-state index is 0. The molecule has 0 N–H and O–H groups in total. The van der Waals surface area contributed by atoms with Crippen LogP contribution in [0, 0.1) is 62.7 Å². The van der Waals surface area contributed by atoms with Crippen LogP contribution in [0.5, 0.6) is 0 Å². The van der Waals surface area contributed by atoms with E-state index in [9.17, 15) is 0 Å². The Morgan fingerprint density at radius 1 is 0.519 bits per heavy atom. The molecule has 0 saturated heterocycles. The Labute approximate surface area is 205 Å². The van der Waals surface area contributed by atoms with Crippen molar-refractivity contribution >= 4 is 15.8 Å². The molecule has 0 atom stereocenters. The van der Waals surface area contributed by atoms with Crippen LogP contribution in [0.25, 0.3) is 0 Å². The molecule has 0 unspecified atom stereocenters. The van der Waals surface area contributed by atoms with Crippen molar-refractivity contribution in [1.82, 2.24) is 0 Å². The summed E-state index contributed by atoms with van der Waals surface area (Å²) in [6.07, 6.45) is 17.7. The van der Waals surface area contributed by atoms with Gasteiger partial charge in [-0.15, -0.1) is 0 Å². The normalized spacial score (nSPS) is 18.0. The van der Waals surface area contributed by atoms with Crippen molar-refractivity contribution in [2.45, 2.75) is 78.0 Å². The average Bonchev–Trinajstić information content (AvgIpc) is 3.11. The number of halogens is 1. The van der Waals surface area contributed by atoms with Gasteiger partial charge in [-0.1, -0.05) is 71.2 Å². The van der Waals surface area contributed by atoms with Gasteiger partial charge in [0.15, 0.2) is 0 Å². The molecular weight excluding hydrogens is 524 g/mol. The quantitative estimate of drug-likeness (QED) is 0.336. The molecule has 0 aromatic rings. The van der Waals surface area contributed by atoms with Gasteiger partial charge in [0.05, 0.1) is 0 Å². The third kappa shape index (κ3) is 12.1. The zero-order valence-corrected chi connectivity index (χ0v) is 23.1. The minimum Gasteiger partial charge on any atom is -1.00 e. The Kier molecular flexibility index (Phi) is 22.6. The third-order valence-corrected chi connectivity index (χ3v) is 10.4. The Bertz CT molecular complexity index is 280. The van der Waals surface area contributed by atoms with Gasteiger partial charge in [0.25, 0.3) is 0 Å². The molecule has 2 aliphatic rings. The summed E-state index contributed by atoms with van der Waals surface area (Å²) in [5, 5.41) is 0. The van der Waals surface area contributed by atoms with Crippen LogP contribution in [0.2, 0.25) is 0 Å². The van der Waals surface area contributed by atoms with Crippen LogP contribution in [0.1, 0.15) is 55.4 Å². The number of hydrogen-bond acceptors (Lipinski definition) is 0. The monoisotopic (exact) mass is 559 g/mol. The summed E-state index contributed by atoms with van der Waals surface area (Å²) >= 11 is 0. The van der Waals surface area contributed by atoms with Gasteiger partial charge >= 0.3 is 37.5 Å². The second-order valence-corrected chi connectivity index (χ2v) is 14.3. The molecule has 27 heavy (non-hydrogen) atoms. The number of rotatable bonds is 6. The summed E-state index contributed by atoms with van der Waals surface area (Å²) in [6.45, 7) is 18.7. The Balaban J connectivity index is -0.000000384. The van der Waals surface area contributed by atoms with E-state index in [0.717, 1.165) is 22.6 Å². The Morgan fingerprint density at radius 2 is 0.704 bits per heavy atom. The maximum Gasteiger partial charge on any atom is 2.00 e. The molecule has 0 bridgehead atoms. The van der Waals surface area contributed by atoms with E-state index in [0.29, 0.717) is 0 Å². The first-order valence-corrected chi connectivity index (χ1v) is 12.2. The molecule has 2 aliphatic carbocycles. The molecule has 0 aliphatic heterocycles. The Morgan fingerprint density at radius 3 is 0.852 bits per heavy atom. The van der Waals surface area contributed by atoms with Crippen LogP contribution < -0.4 is 12.4 Å². The van der Waals surface area contributed by atoms with Gasteiger partial charge in [-0.2, -0.15) is 0 Å². The van der Waals surface area contributed by atoms with E-state index in [1.54, 1.807) is 11.3 Å². The van der Waals surface area contributed by atoms with Crippen LogP contribution in [0.4, 0.5) is 0 Å². The summed E-state index contributed by atoms with van der Waals surface area (Å²) in [5.41, 5.74) is 6.36. The maximum atomic E-state index is 2.33. The maximum absolute atomic E-state index is 2.33. The molecule has 10 radical (unpaired) electrons. The van der Waals surface area contributed by atoms with E-state index >= 15 is 0 Å². The Hall–Kier alpha value is 2.33. The van der Waals surface area contributed by atoms with Crippen molar-refractivity contribution in [2.75, 3.05) is 0 Å². The van der Waals surface area contributed by atoms with Crippen molar-refractivity contribution in [3.63, 3.8) is 0 Å². The van der Waals surface area contributed by atoms with Gasteiger partial charge in [0.2, 0.25) is 0 Å². The van der Waals surface area contributed by atoms with Crippen LogP contribution in [0.3, 0.4) is 0 Å². The van der Waals surface area contributed by atoms with Crippen LogP contribution >= 0.6 is 15.8 Å². The standard InChI is InChI=1S/2C11H18P.ClH.Fe.Pd/c2*1-9(2)12(10(3)4)11-7-5-6-8-11;;;/h2*5-10H,1-4H3;1H;;/q;;;2*+2/p-1. The van der Waals surface area contributed by atoms with Gasteiger partial charge in [-0.05, 0) is 74.0 Å². The summed E-state index contributed by atoms with van der Waals surface area (Å²) in [5.74, 6) is 0. The fourth-order valence-corrected chi connectivity index (χ4v) is 9.26. The van der Waals surface area contributed by atoms with E-state index in [-0.39, 0.29) is 65.7 Å². The van der Waals surface area contributed by atoms with Crippen LogP contribution in [-0.2, 0) is 37.5 Å². The fraction of sp³-hybridized carbons (Fsp3) is 0.545. The van der Waals surface area contributed by atoms with Gasteiger partial charge in [-0.25, -0.2) is 0 Å². The summed E-state index contributed by atoms with van der Waals surface area (Å²) in [4.78, 5) is 0. The minimum atomic E-state index is 0. The van der Waals surface area contributed by atoms with Crippen molar-refractivity contribution in [2.24, 2.45) is 0 Å². The van der Waals surface area contributed by atoms with E-state index < -0.39 is 0 Å². The van der Waals surface area contributed by atoms with Crippen molar-refractivity contribution in [3.05, 3.63) is 62.7 Å². The molecule has 0 aromatic heterocycles. The second kappa shape index (κ2) is 18.0. The molecule has 156 valence electrons. The largest absolute Gasteiger partial charge is 2.00 e. The molecule has 2 rings (SSSR count). The van der Waals surface area contributed by atoms with Crippen molar-refractivity contribution < 1.29 is 49.9 Å². The first kappa shape index (κ1) is 34.0. The molecule has 0 nitrogen and oxygen atoms in total. The number of hydrogen-bond donors (Lipinski definition) is 0. The topological polar surface area (TPSA) is 0 Å². The van der Waals surface area contributed by atoms with Crippen molar-refractivity contribution in [1.29, 1.82) is 0 Å². The van der Waals surface area contributed by atoms with Gasteiger partial charge in [0, 0.05) is 11.3 Å². The zero-order chi connectivity index (χ0) is 18.3. The summed E-state index contributed by atoms with van der Waals surface area (Å²) in [6, 6.07) is 0. The molecular formula is C22H36ClFeP2Pd+3. The van der Waals surface area contributed by atoms with E-state index in [2.05, 4.69) is 107 Å². The SMILES string of the molecule is CC(C)P([C]1[CH][CH][CH][CH]1)C(C)C.CC(C)P([C]1[CH][CH][CH][CH]1)C(C)C.[Cl-].[Fe+2].[Pd+2]. The second-order valence-electron chi connectivity index (χ2n) is 7.48. The summed E-state index contributed by atoms with van der Waals surface area (Å²) < 4.78 is 0. The fourth-order valence-electron chi connectivity index (χ4n) is 3.46. The van der Waals surface area contributed by atoms with E-state index in [4.69, 9.17) is 0 Å². The molecule has 0 aromatic carbocycles. The predicted molar refractivity (Wildman–Crippen MR) is 115 cm³/mol. The molecule has 0 amide bonds. The average molecular weight is 560 g/mol.